The van der Waals surface area contributed by atoms with E-state index in [9.17, 15) is 0 Å². The quantitative estimate of drug-likeness (QED) is 0.537. The summed E-state index contributed by atoms with van der Waals surface area (Å²) in [5.74, 6) is 2.52. The summed E-state index contributed by atoms with van der Waals surface area (Å²) in [7, 11) is 0. The monoisotopic (exact) mass is 390 g/mol. The second kappa shape index (κ2) is 7.26. The molecule has 0 aromatic carbocycles. The fourth-order valence-electron chi connectivity index (χ4n) is 2.78. The number of allylic oxidation sites excluding steroid dienone is 1. The van der Waals surface area contributed by atoms with Crippen LogP contribution in [0.5, 0.6) is 0 Å². The maximum Gasteiger partial charge on any atom is 0.0876 e. The van der Waals surface area contributed by atoms with Gasteiger partial charge in [-0.3, -0.25) is 0 Å². The topological polar surface area (TPSA) is 18.5 Å². The number of ether oxygens (including phenoxy) is 2. The zero-order valence-corrected chi connectivity index (χ0v) is 14.3. The van der Waals surface area contributed by atoms with Gasteiger partial charge in [-0.15, -0.1) is 6.42 Å². The summed E-state index contributed by atoms with van der Waals surface area (Å²) in [4.78, 5) is 0.773. The van der Waals surface area contributed by atoms with E-state index in [-0.39, 0.29) is 24.4 Å². The number of alkyl halides is 2. The van der Waals surface area contributed by atoms with Gasteiger partial charge in [-0.25, -0.2) is 0 Å². The van der Waals surface area contributed by atoms with Gasteiger partial charge < -0.3 is 9.47 Å². The van der Waals surface area contributed by atoms with Crippen molar-refractivity contribution in [3.05, 3.63) is 12.2 Å². The van der Waals surface area contributed by atoms with Crippen LogP contribution in [0.25, 0.3) is 0 Å². The zero-order chi connectivity index (χ0) is 13.8. The van der Waals surface area contributed by atoms with Crippen LogP contribution in [0.4, 0.5) is 0 Å². The van der Waals surface area contributed by atoms with Gasteiger partial charge in [0.1, 0.15) is 0 Å². The van der Waals surface area contributed by atoms with Gasteiger partial charge in [0.2, 0.25) is 0 Å². The molecule has 4 heteroatoms. The van der Waals surface area contributed by atoms with Gasteiger partial charge in [0.15, 0.2) is 0 Å². The van der Waals surface area contributed by atoms with E-state index in [1.807, 2.05) is 6.08 Å². The average Bonchev–Trinajstić information content (AvgIpc) is 2.79. The Morgan fingerprint density at radius 2 is 1.89 bits per heavy atom. The Morgan fingerprint density at radius 3 is 2.58 bits per heavy atom. The molecule has 6 atom stereocenters. The fourth-order valence-corrected chi connectivity index (χ4v) is 4.93. The predicted molar refractivity (Wildman–Crippen MR) is 84.9 cm³/mol. The number of rotatable bonds is 3. The van der Waals surface area contributed by atoms with Crippen molar-refractivity contribution in [2.75, 3.05) is 0 Å². The number of terminal acetylenes is 1. The van der Waals surface area contributed by atoms with Crippen molar-refractivity contribution in [1.29, 1.82) is 0 Å². The summed E-state index contributed by atoms with van der Waals surface area (Å²) in [6.07, 6.45) is 13.6. The third kappa shape index (κ3) is 3.85. The molecule has 2 nitrogen and oxygen atoms in total. The lowest BCUT2D eigenvalue weighted by Crippen LogP contribution is -2.36. The lowest BCUT2D eigenvalue weighted by Gasteiger charge is -2.30. The van der Waals surface area contributed by atoms with Gasteiger partial charge in [-0.1, -0.05) is 50.8 Å². The van der Waals surface area contributed by atoms with Crippen molar-refractivity contribution in [3.8, 4) is 12.3 Å². The highest BCUT2D eigenvalue weighted by molar-refractivity contribution is 9.10. The summed E-state index contributed by atoms with van der Waals surface area (Å²) in [6.45, 7) is 2.17. The Balaban J connectivity index is 2.07. The molecule has 106 valence electrons. The third-order valence-electron chi connectivity index (χ3n) is 3.82. The predicted octanol–water partition coefficient (Wildman–Crippen LogP) is 3.82. The molecule has 0 spiro atoms. The van der Waals surface area contributed by atoms with Gasteiger partial charge in [0, 0.05) is 16.1 Å². The van der Waals surface area contributed by atoms with Crippen LogP contribution in [0.3, 0.4) is 0 Å². The van der Waals surface area contributed by atoms with Gasteiger partial charge in [-0.2, -0.15) is 0 Å². The molecule has 0 radical (unpaired) electrons. The van der Waals surface area contributed by atoms with Crippen LogP contribution >= 0.6 is 31.9 Å². The highest BCUT2D eigenvalue weighted by atomic mass is 79.9. The minimum atomic E-state index is 0.126. The Labute approximate surface area is 132 Å². The fraction of sp³-hybridized carbons (Fsp3) is 0.733. The average molecular weight is 392 g/mol. The lowest BCUT2D eigenvalue weighted by atomic mass is 9.99. The van der Waals surface area contributed by atoms with E-state index < -0.39 is 0 Å². The Kier molecular flexibility index (Phi) is 5.95. The van der Waals surface area contributed by atoms with Crippen molar-refractivity contribution in [2.45, 2.75) is 66.7 Å². The summed E-state index contributed by atoms with van der Waals surface area (Å²) in [5, 5.41) is 0. The summed E-state index contributed by atoms with van der Waals surface area (Å²) < 4.78 is 12.4. The Morgan fingerprint density at radius 1 is 1.16 bits per heavy atom. The normalized spacial score (nSPS) is 42.8. The molecule has 0 N–H and O–H groups in total. The van der Waals surface area contributed by atoms with Gasteiger partial charge in [0.25, 0.3) is 0 Å². The number of hydrogen-bond donors (Lipinski definition) is 0. The molecule has 2 rings (SSSR count). The first kappa shape index (κ1) is 15.6. The first-order valence-corrected chi connectivity index (χ1v) is 8.69. The van der Waals surface area contributed by atoms with E-state index in [2.05, 4.69) is 44.7 Å². The molecule has 19 heavy (non-hydrogen) atoms. The highest BCUT2D eigenvalue weighted by Gasteiger charge is 2.43. The first-order valence-electron chi connectivity index (χ1n) is 6.85. The van der Waals surface area contributed by atoms with Crippen LogP contribution in [0, 0.1) is 12.3 Å². The SMILES string of the molecule is C#C/C=C/C[C@H]1O[C@H]2C[C@@H]1O[C@H](CC)[C@@H](Br)C[C@@H]2Br. The van der Waals surface area contributed by atoms with Crippen LogP contribution in [0.15, 0.2) is 12.2 Å². The Bertz CT molecular complexity index is 364. The molecule has 2 heterocycles. The molecule has 2 fully saturated rings. The van der Waals surface area contributed by atoms with Gasteiger partial charge in [0.05, 0.1) is 24.4 Å². The lowest BCUT2D eigenvalue weighted by molar-refractivity contribution is -0.0499. The molecule has 0 aliphatic carbocycles. The molecule has 2 aliphatic heterocycles. The van der Waals surface area contributed by atoms with Crippen molar-refractivity contribution in [1.82, 2.24) is 0 Å². The minimum Gasteiger partial charge on any atom is -0.371 e. The van der Waals surface area contributed by atoms with Gasteiger partial charge >= 0.3 is 0 Å². The number of fused-ring (bicyclic) bond motifs is 2. The molecule has 2 saturated heterocycles. The largest absolute Gasteiger partial charge is 0.371 e. The summed E-state index contributed by atoms with van der Waals surface area (Å²) in [6, 6.07) is 0. The third-order valence-corrected chi connectivity index (χ3v) is 5.75. The molecule has 2 aliphatic rings. The van der Waals surface area contributed by atoms with E-state index in [0.29, 0.717) is 9.65 Å². The maximum atomic E-state index is 6.26. The highest BCUT2D eigenvalue weighted by Crippen LogP contribution is 2.38. The van der Waals surface area contributed by atoms with E-state index in [1.165, 1.54) is 0 Å². The Hall–Kier alpha value is 0.180. The van der Waals surface area contributed by atoms with Crippen LogP contribution in [-0.4, -0.2) is 34.1 Å². The van der Waals surface area contributed by atoms with E-state index >= 15 is 0 Å². The van der Waals surface area contributed by atoms with Crippen LogP contribution in [0.2, 0.25) is 0 Å². The second-order valence-electron chi connectivity index (χ2n) is 5.14. The van der Waals surface area contributed by atoms with Crippen molar-refractivity contribution >= 4 is 31.9 Å². The van der Waals surface area contributed by atoms with Crippen LogP contribution in [0.1, 0.15) is 32.6 Å². The number of halogens is 2. The molecule has 0 amide bonds. The van der Waals surface area contributed by atoms with Crippen molar-refractivity contribution in [2.24, 2.45) is 0 Å². The molecule has 0 unspecified atom stereocenters. The molecule has 0 aromatic heterocycles. The standard InChI is InChI=1S/C15H20Br2O2/c1-3-5-6-7-13-15-9-14(19-13)11(17)8-10(16)12(4-2)18-15/h1,5-6,10-15H,4,7-9H2,2H3/b6-5+/t10-,11-,12+,13+,14-,15-/m0/s1. The second-order valence-corrected chi connectivity index (χ2v) is 7.49. The smallest absolute Gasteiger partial charge is 0.0876 e. The van der Waals surface area contributed by atoms with Crippen molar-refractivity contribution in [3.63, 3.8) is 0 Å². The molecule has 2 bridgehead atoms. The van der Waals surface area contributed by atoms with Gasteiger partial charge in [-0.05, 0) is 25.3 Å². The van der Waals surface area contributed by atoms with Crippen LogP contribution < -0.4 is 0 Å². The zero-order valence-electron chi connectivity index (χ0n) is 11.1. The molecule has 0 saturated carbocycles. The van der Waals surface area contributed by atoms with E-state index in [0.717, 1.165) is 25.7 Å². The van der Waals surface area contributed by atoms with Crippen LogP contribution in [-0.2, 0) is 9.47 Å². The number of hydrogen-bond acceptors (Lipinski definition) is 2. The summed E-state index contributed by atoms with van der Waals surface area (Å²) in [5.41, 5.74) is 0. The first-order chi connectivity index (χ1) is 9.15. The molecular formula is C15H20Br2O2. The van der Waals surface area contributed by atoms with Crippen molar-refractivity contribution < 1.29 is 9.47 Å². The molecule has 0 aromatic rings. The molecular weight excluding hydrogens is 372 g/mol. The minimum absolute atomic E-state index is 0.126. The maximum absolute atomic E-state index is 6.26. The van der Waals surface area contributed by atoms with E-state index in [1.54, 1.807) is 6.08 Å². The van der Waals surface area contributed by atoms with E-state index in [4.69, 9.17) is 15.9 Å². The summed E-state index contributed by atoms with van der Waals surface area (Å²) >= 11 is 7.53.